The summed E-state index contributed by atoms with van der Waals surface area (Å²) in [5, 5.41) is 0. The highest BCUT2D eigenvalue weighted by atomic mass is 16.6. The van der Waals surface area contributed by atoms with Gasteiger partial charge in [0.1, 0.15) is 6.10 Å². The van der Waals surface area contributed by atoms with Crippen LogP contribution < -0.4 is 0 Å². The van der Waals surface area contributed by atoms with Crippen LogP contribution in [0.4, 0.5) is 4.79 Å². The lowest BCUT2D eigenvalue weighted by Crippen LogP contribution is -2.42. The zero-order chi connectivity index (χ0) is 14.8. The molecule has 20 heavy (non-hydrogen) atoms. The molecule has 0 aromatic heterocycles. The van der Waals surface area contributed by atoms with Gasteiger partial charge in [-0.1, -0.05) is 39.0 Å². The Hall–Kier alpha value is -0.770. The van der Waals surface area contributed by atoms with Gasteiger partial charge in [-0.2, -0.15) is 0 Å². The lowest BCUT2D eigenvalue weighted by Gasteiger charge is -2.32. The first-order chi connectivity index (χ1) is 9.63. The average molecular weight is 284 g/mol. The highest BCUT2D eigenvalue weighted by Gasteiger charge is 2.23. The zero-order valence-electron chi connectivity index (χ0n) is 13.6. The number of hydrogen-bond acceptors (Lipinski definition) is 3. The van der Waals surface area contributed by atoms with Gasteiger partial charge in [0.2, 0.25) is 0 Å². The van der Waals surface area contributed by atoms with E-state index in [1.807, 2.05) is 0 Å². The normalized spacial score (nSPS) is 19.9. The molecule has 0 bridgehead atoms. The average Bonchev–Trinajstić information content (AvgIpc) is 2.43. The Labute approximate surface area is 124 Å². The first-order valence-electron chi connectivity index (χ1n) is 8.23. The summed E-state index contributed by atoms with van der Waals surface area (Å²) in [6.45, 7) is 5.48. The van der Waals surface area contributed by atoms with Crippen LogP contribution in [-0.4, -0.2) is 55.7 Å². The van der Waals surface area contributed by atoms with Crippen molar-refractivity contribution in [3.05, 3.63) is 0 Å². The molecule has 0 unspecified atom stereocenters. The molecule has 1 fully saturated rings. The van der Waals surface area contributed by atoms with Gasteiger partial charge >= 0.3 is 6.09 Å². The summed E-state index contributed by atoms with van der Waals surface area (Å²) in [6, 6.07) is 0. The van der Waals surface area contributed by atoms with Crippen LogP contribution in [0.25, 0.3) is 0 Å². The van der Waals surface area contributed by atoms with E-state index in [-0.39, 0.29) is 12.2 Å². The molecule has 0 aliphatic carbocycles. The van der Waals surface area contributed by atoms with Gasteiger partial charge in [-0.15, -0.1) is 0 Å². The molecule has 1 rings (SSSR count). The second-order valence-electron chi connectivity index (χ2n) is 6.11. The maximum Gasteiger partial charge on any atom is 0.409 e. The van der Waals surface area contributed by atoms with Gasteiger partial charge in [-0.05, 0) is 32.4 Å². The van der Waals surface area contributed by atoms with Crippen LogP contribution in [0.15, 0.2) is 0 Å². The first kappa shape index (κ1) is 17.3. The molecule has 1 saturated heterocycles. The van der Waals surface area contributed by atoms with Crippen LogP contribution >= 0.6 is 0 Å². The van der Waals surface area contributed by atoms with Crippen molar-refractivity contribution in [3.63, 3.8) is 0 Å². The Morgan fingerprint density at radius 3 is 2.60 bits per heavy atom. The second-order valence-corrected chi connectivity index (χ2v) is 6.11. The van der Waals surface area contributed by atoms with E-state index in [1.54, 1.807) is 14.1 Å². The van der Waals surface area contributed by atoms with Crippen LogP contribution in [0.2, 0.25) is 0 Å². The maximum absolute atomic E-state index is 11.6. The number of hydrogen-bond donors (Lipinski definition) is 0. The lowest BCUT2D eigenvalue weighted by atomic mass is 10.1. The predicted molar refractivity (Wildman–Crippen MR) is 83.0 cm³/mol. The Morgan fingerprint density at radius 2 is 1.90 bits per heavy atom. The van der Waals surface area contributed by atoms with Crippen molar-refractivity contribution in [1.82, 2.24) is 9.80 Å². The molecule has 0 radical (unpaired) electrons. The van der Waals surface area contributed by atoms with Crippen LogP contribution in [0.1, 0.15) is 58.3 Å². The standard InChI is InChI=1S/C16H32N2O2/c1-4-5-6-7-8-9-12-18-13-10-11-15(14-18)20-16(19)17(2)3/h15H,4-14H2,1-3H3/t15-/m1/s1. The second kappa shape index (κ2) is 10.0. The van der Waals surface area contributed by atoms with Crippen molar-refractivity contribution in [2.75, 3.05) is 33.7 Å². The largest absolute Gasteiger partial charge is 0.445 e. The van der Waals surface area contributed by atoms with Gasteiger partial charge < -0.3 is 9.64 Å². The fourth-order valence-electron chi connectivity index (χ4n) is 2.68. The number of piperidine rings is 1. The van der Waals surface area contributed by atoms with Gasteiger partial charge in [-0.3, -0.25) is 4.90 Å². The monoisotopic (exact) mass is 284 g/mol. The van der Waals surface area contributed by atoms with E-state index in [0.717, 1.165) is 32.5 Å². The summed E-state index contributed by atoms with van der Waals surface area (Å²) in [6.07, 6.45) is 10.0. The summed E-state index contributed by atoms with van der Waals surface area (Å²) >= 11 is 0. The number of unbranched alkanes of at least 4 members (excludes halogenated alkanes) is 5. The summed E-state index contributed by atoms with van der Waals surface area (Å²) in [4.78, 5) is 15.5. The van der Waals surface area contributed by atoms with Crippen LogP contribution in [0.5, 0.6) is 0 Å². The summed E-state index contributed by atoms with van der Waals surface area (Å²) < 4.78 is 5.49. The number of likely N-dealkylation sites (tertiary alicyclic amines) is 1. The molecular formula is C16H32N2O2. The van der Waals surface area contributed by atoms with Crippen molar-refractivity contribution in [2.24, 2.45) is 0 Å². The molecule has 0 spiro atoms. The SMILES string of the molecule is CCCCCCCCN1CCC[C@@H](OC(=O)N(C)C)C1. The molecular weight excluding hydrogens is 252 g/mol. The highest BCUT2D eigenvalue weighted by Crippen LogP contribution is 2.15. The van der Waals surface area contributed by atoms with Crippen LogP contribution in [0, 0.1) is 0 Å². The minimum atomic E-state index is -0.212. The number of rotatable bonds is 8. The quantitative estimate of drug-likeness (QED) is 0.639. The minimum absolute atomic E-state index is 0.0822. The number of ether oxygens (including phenoxy) is 1. The molecule has 0 aromatic carbocycles. The van der Waals surface area contributed by atoms with E-state index in [4.69, 9.17) is 4.74 Å². The molecule has 1 aliphatic rings. The zero-order valence-corrected chi connectivity index (χ0v) is 13.6. The van der Waals surface area contributed by atoms with E-state index < -0.39 is 0 Å². The molecule has 118 valence electrons. The van der Waals surface area contributed by atoms with Gasteiger partial charge in [0.25, 0.3) is 0 Å². The minimum Gasteiger partial charge on any atom is -0.445 e. The Morgan fingerprint density at radius 1 is 1.20 bits per heavy atom. The van der Waals surface area contributed by atoms with Gasteiger partial charge in [0.15, 0.2) is 0 Å². The molecule has 4 nitrogen and oxygen atoms in total. The molecule has 0 aromatic rings. The van der Waals surface area contributed by atoms with E-state index in [2.05, 4.69) is 11.8 Å². The van der Waals surface area contributed by atoms with Gasteiger partial charge in [0.05, 0.1) is 0 Å². The van der Waals surface area contributed by atoms with Crippen LogP contribution in [0.3, 0.4) is 0 Å². The van der Waals surface area contributed by atoms with Crippen molar-refractivity contribution in [2.45, 2.75) is 64.4 Å². The molecule has 1 amide bonds. The van der Waals surface area contributed by atoms with Crippen molar-refractivity contribution in [1.29, 1.82) is 0 Å². The third kappa shape index (κ3) is 7.13. The smallest absolute Gasteiger partial charge is 0.409 e. The van der Waals surface area contributed by atoms with Crippen molar-refractivity contribution >= 4 is 6.09 Å². The van der Waals surface area contributed by atoms with Gasteiger partial charge in [-0.25, -0.2) is 4.79 Å². The predicted octanol–water partition coefficient (Wildman–Crippen LogP) is 3.51. The number of nitrogens with zero attached hydrogens (tertiary/aromatic N) is 2. The fraction of sp³-hybridized carbons (Fsp3) is 0.938. The van der Waals surface area contributed by atoms with E-state index in [0.29, 0.717) is 0 Å². The van der Waals surface area contributed by atoms with E-state index in [9.17, 15) is 4.79 Å². The molecule has 1 aliphatic heterocycles. The Balaban J connectivity index is 2.12. The number of amides is 1. The highest BCUT2D eigenvalue weighted by molar-refractivity contribution is 5.66. The lowest BCUT2D eigenvalue weighted by molar-refractivity contribution is 0.0282. The summed E-state index contributed by atoms with van der Waals surface area (Å²) in [5.74, 6) is 0. The Bertz CT molecular complexity index is 269. The maximum atomic E-state index is 11.6. The molecule has 0 N–H and O–H groups in total. The Kier molecular flexibility index (Phi) is 8.67. The molecule has 4 heteroatoms. The first-order valence-corrected chi connectivity index (χ1v) is 8.23. The summed E-state index contributed by atoms with van der Waals surface area (Å²) in [5.41, 5.74) is 0. The molecule has 1 atom stereocenters. The molecule has 1 heterocycles. The van der Waals surface area contributed by atoms with Crippen molar-refractivity contribution in [3.8, 4) is 0 Å². The number of carbonyl (C=O) groups excluding carboxylic acids is 1. The fourth-order valence-corrected chi connectivity index (χ4v) is 2.68. The van der Waals surface area contributed by atoms with Crippen molar-refractivity contribution < 1.29 is 9.53 Å². The third-order valence-electron chi connectivity index (χ3n) is 3.92. The van der Waals surface area contributed by atoms with E-state index >= 15 is 0 Å². The molecule has 0 saturated carbocycles. The topological polar surface area (TPSA) is 32.8 Å². The van der Waals surface area contributed by atoms with Gasteiger partial charge in [0, 0.05) is 20.6 Å². The van der Waals surface area contributed by atoms with E-state index in [1.165, 1.54) is 43.4 Å². The number of carbonyl (C=O) groups is 1. The summed E-state index contributed by atoms with van der Waals surface area (Å²) in [7, 11) is 3.47. The third-order valence-corrected chi connectivity index (χ3v) is 3.92. The van der Waals surface area contributed by atoms with Crippen LogP contribution in [-0.2, 0) is 4.74 Å².